The molecule has 0 spiro atoms. The summed E-state index contributed by atoms with van der Waals surface area (Å²) in [6, 6.07) is 6.66. The molecule has 0 aliphatic heterocycles. The molecule has 2 aromatic rings. The first kappa shape index (κ1) is 13.5. The summed E-state index contributed by atoms with van der Waals surface area (Å²) in [5.41, 5.74) is 1.38. The fourth-order valence-corrected chi connectivity index (χ4v) is 1.91. The van der Waals surface area contributed by atoms with Gasteiger partial charge in [-0.05, 0) is 25.2 Å². The highest BCUT2D eigenvalue weighted by molar-refractivity contribution is 7.80. The third kappa shape index (κ3) is 3.75. The van der Waals surface area contributed by atoms with Gasteiger partial charge in [-0.25, -0.2) is 4.39 Å². The lowest BCUT2D eigenvalue weighted by molar-refractivity contribution is 0.585. The van der Waals surface area contributed by atoms with Crippen LogP contribution in [0.2, 0.25) is 0 Å². The van der Waals surface area contributed by atoms with Gasteiger partial charge in [0.2, 0.25) is 0 Å². The summed E-state index contributed by atoms with van der Waals surface area (Å²) in [5, 5.41) is 10.7. The van der Waals surface area contributed by atoms with Gasteiger partial charge in [-0.15, -0.1) is 0 Å². The smallest absolute Gasteiger partial charge is 0.170 e. The SMILES string of the molecule is CCNC(=S)Nc1cnn(Cc2ccccc2F)c1. The molecule has 1 aromatic heterocycles. The third-order valence-electron chi connectivity index (χ3n) is 2.52. The van der Waals surface area contributed by atoms with Crippen LogP contribution in [-0.4, -0.2) is 21.4 Å². The van der Waals surface area contributed by atoms with Gasteiger partial charge in [-0.2, -0.15) is 5.10 Å². The van der Waals surface area contributed by atoms with Crippen molar-refractivity contribution >= 4 is 23.0 Å². The standard InChI is InChI=1S/C13H15FN4S/c1-2-15-13(19)17-11-7-16-18(9-11)8-10-5-3-4-6-12(10)14/h3-7,9H,2,8H2,1H3,(H2,15,17,19). The molecule has 0 fully saturated rings. The van der Waals surface area contributed by atoms with Crippen LogP contribution >= 0.6 is 12.2 Å². The van der Waals surface area contributed by atoms with Crippen molar-refractivity contribution in [1.29, 1.82) is 0 Å². The van der Waals surface area contributed by atoms with E-state index in [1.54, 1.807) is 35.3 Å². The third-order valence-corrected chi connectivity index (χ3v) is 2.77. The summed E-state index contributed by atoms with van der Waals surface area (Å²) in [6.07, 6.45) is 3.45. The Balaban J connectivity index is 2.02. The Morgan fingerprint density at radius 1 is 1.42 bits per heavy atom. The minimum absolute atomic E-state index is 0.226. The molecule has 0 radical (unpaired) electrons. The van der Waals surface area contributed by atoms with Gasteiger partial charge >= 0.3 is 0 Å². The highest BCUT2D eigenvalue weighted by atomic mass is 32.1. The number of halogens is 1. The van der Waals surface area contributed by atoms with Gasteiger partial charge in [0.05, 0.1) is 18.4 Å². The van der Waals surface area contributed by atoms with E-state index in [1.807, 2.05) is 6.92 Å². The van der Waals surface area contributed by atoms with Crippen LogP contribution in [0, 0.1) is 5.82 Å². The number of hydrogen-bond donors (Lipinski definition) is 2. The van der Waals surface area contributed by atoms with Gasteiger partial charge in [0.25, 0.3) is 0 Å². The number of thiocarbonyl (C=S) groups is 1. The number of hydrogen-bond acceptors (Lipinski definition) is 2. The maximum Gasteiger partial charge on any atom is 0.170 e. The van der Waals surface area contributed by atoms with Crippen molar-refractivity contribution in [2.24, 2.45) is 0 Å². The lowest BCUT2D eigenvalue weighted by atomic mass is 10.2. The number of nitrogens with zero attached hydrogens (tertiary/aromatic N) is 2. The Kier molecular flexibility index (Phi) is 4.46. The molecule has 19 heavy (non-hydrogen) atoms. The van der Waals surface area contributed by atoms with Crippen molar-refractivity contribution in [3.8, 4) is 0 Å². The molecule has 0 bridgehead atoms. The monoisotopic (exact) mass is 278 g/mol. The predicted octanol–water partition coefficient (Wildman–Crippen LogP) is 2.38. The Hall–Kier alpha value is -1.95. The van der Waals surface area contributed by atoms with Crippen LogP contribution < -0.4 is 10.6 Å². The quantitative estimate of drug-likeness (QED) is 0.843. The zero-order valence-electron chi connectivity index (χ0n) is 10.6. The molecule has 1 heterocycles. The van der Waals surface area contributed by atoms with Crippen molar-refractivity contribution in [3.05, 3.63) is 48.0 Å². The van der Waals surface area contributed by atoms with Gasteiger partial charge in [0.1, 0.15) is 5.82 Å². The number of anilines is 1. The summed E-state index contributed by atoms with van der Waals surface area (Å²) >= 11 is 5.08. The Bertz CT molecular complexity index is 567. The van der Waals surface area contributed by atoms with E-state index in [0.717, 1.165) is 12.2 Å². The lowest BCUT2D eigenvalue weighted by Gasteiger charge is -2.06. The second-order valence-electron chi connectivity index (χ2n) is 4.00. The normalized spacial score (nSPS) is 10.2. The molecule has 2 N–H and O–H groups in total. The first-order valence-electron chi connectivity index (χ1n) is 5.99. The summed E-state index contributed by atoms with van der Waals surface area (Å²) < 4.78 is 15.2. The molecule has 0 saturated carbocycles. The molecule has 0 aliphatic rings. The molecule has 100 valence electrons. The predicted molar refractivity (Wildman–Crippen MR) is 77.6 cm³/mol. The number of aromatic nitrogens is 2. The van der Waals surface area contributed by atoms with Gasteiger partial charge in [0.15, 0.2) is 5.11 Å². The van der Waals surface area contributed by atoms with E-state index < -0.39 is 0 Å². The molecule has 0 unspecified atom stereocenters. The van der Waals surface area contributed by atoms with E-state index in [-0.39, 0.29) is 5.82 Å². The van der Waals surface area contributed by atoms with Crippen molar-refractivity contribution in [1.82, 2.24) is 15.1 Å². The number of benzene rings is 1. The van der Waals surface area contributed by atoms with Crippen LogP contribution in [0.1, 0.15) is 12.5 Å². The molecule has 0 saturated heterocycles. The van der Waals surface area contributed by atoms with Crippen LogP contribution in [0.25, 0.3) is 0 Å². The molecule has 2 rings (SSSR count). The van der Waals surface area contributed by atoms with Gasteiger partial charge in [0, 0.05) is 18.3 Å². The number of nitrogens with one attached hydrogen (secondary N) is 2. The minimum atomic E-state index is -0.226. The Morgan fingerprint density at radius 3 is 2.95 bits per heavy atom. The average Bonchev–Trinajstić information content (AvgIpc) is 2.80. The van der Waals surface area contributed by atoms with Crippen LogP contribution in [0.4, 0.5) is 10.1 Å². The summed E-state index contributed by atoms with van der Waals surface area (Å²) in [4.78, 5) is 0. The largest absolute Gasteiger partial charge is 0.363 e. The highest BCUT2D eigenvalue weighted by Gasteiger charge is 2.04. The fraction of sp³-hybridized carbons (Fsp3) is 0.231. The van der Waals surface area contributed by atoms with Crippen LogP contribution in [-0.2, 0) is 6.54 Å². The highest BCUT2D eigenvalue weighted by Crippen LogP contribution is 2.10. The first-order chi connectivity index (χ1) is 9.19. The van der Waals surface area contributed by atoms with Crippen molar-refractivity contribution in [2.45, 2.75) is 13.5 Å². The molecule has 0 amide bonds. The lowest BCUT2D eigenvalue weighted by Crippen LogP contribution is -2.27. The minimum Gasteiger partial charge on any atom is -0.363 e. The van der Waals surface area contributed by atoms with E-state index >= 15 is 0 Å². The van der Waals surface area contributed by atoms with Gasteiger partial charge in [-0.3, -0.25) is 4.68 Å². The molecule has 0 atom stereocenters. The van der Waals surface area contributed by atoms with Crippen molar-refractivity contribution < 1.29 is 4.39 Å². The van der Waals surface area contributed by atoms with Crippen molar-refractivity contribution in [3.63, 3.8) is 0 Å². The molecule has 6 heteroatoms. The van der Waals surface area contributed by atoms with Crippen LogP contribution in [0.15, 0.2) is 36.7 Å². The fourth-order valence-electron chi connectivity index (χ4n) is 1.65. The summed E-state index contributed by atoms with van der Waals surface area (Å²) in [6.45, 7) is 3.12. The topological polar surface area (TPSA) is 41.9 Å². The summed E-state index contributed by atoms with van der Waals surface area (Å²) in [7, 11) is 0. The maximum absolute atomic E-state index is 13.5. The zero-order chi connectivity index (χ0) is 13.7. The summed E-state index contributed by atoms with van der Waals surface area (Å²) in [5.74, 6) is -0.226. The Morgan fingerprint density at radius 2 is 2.21 bits per heavy atom. The van der Waals surface area contributed by atoms with E-state index in [2.05, 4.69) is 15.7 Å². The molecule has 0 aliphatic carbocycles. The molecule has 1 aromatic carbocycles. The molecule has 4 nitrogen and oxygen atoms in total. The average molecular weight is 278 g/mol. The van der Waals surface area contributed by atoms with Crippen molar-refractivity contribution in [2.75, 3.05) is 11.9 Å². The van der Waals surface area contributed by atoms with Crippen LogP contribution in [0.5, 0.6) is 0 Å². The maximum atomic E-state index is 13.5. The Labute approximate surface area is 116 Å². The van der Waals surface area contributed by atoms with E-state index in [1.165, 1.54) is 6.07 Å². The molecular weight excluding hydrogens is 263 g/mol. The van der Waals surface area contributed by atoms with Gasteiger partial charge in [-0.1, -0.05) is 18.2 Å². The number of rotatable bonds is 4. The van der Waals surface area contributed by atoms with E-state index in [0.29, 0.717) is 17.2 Å². The molecular formula is C13H15FN4S. The van der Waals surface area contributed by atoms with E-state index in [4.69, 9.17) is 12.2 Å². The van der Waals surface area contributed by atoms with E-state index in [9.17, 15) is 4.39 Å². The van der Waals surface area contributed by atoms with Crippen LogP contribution in [0.3, 0.4) is 0 Å². The van der Waals surface area contributed by atoms with Gasteiger partial charge < -0.3 is 10.6 Å². The zero-order valence-corrected chi connectivity index (χ0v) is 11.4. The second-order valence-corrected chi connectivity index (χ2v) is 4.41. The second kappa shape index (κ2) is 6.29. The first-order valence-corrected chi connectivity index (χ1v) is 6.40.